The zero-order valence-corrected chi connectivity index (χ0v) is 88.8. The van der Waals surface area contributed by atoms with Gasteiger partial charge in [0, 0.05) is 42.3 Å². The Morgan fingerprint density at radius 2 is 0.757 bits per heavy atom. The van der Waals surface area contributed by atoms with E-state index < -0.39 is 146 Å². The molecular formula is C111H108F14O10S9. The van der Waals surface area contributed by atoms with Crippen LogP contribution in [0.5, 0.6) is 0 Å². The molecule has 0 N–H and O–H groups in total. The third-order valence-corrected chi connectivity index (χ3v) is 37.4. The van der Waals surface area contributed by atoms with E-state index in [2.05, 4.69) is 169 Å². The van der Waals surface area contributed by atoms with E-state index in [4.69, 9.17) is 0 Å². The molecule has 0 amide bonds. The van der Waals surface area contributed by atoms with Gasteiger partial charge in [0.05, 0.1) is 36.5 Å². The number of carbonyl (C=O) groups excluding carboxylic acids is 1. The first kappa shape index (κ1) is 116. The summed E-state index contributed by atoms with van der Waals surface area (Å²) < 4.78 is 294. The van der Waals surface area contributed by atoms with Crippen molar-refractivity contribution in [3.05, 3.63) is 380 Å². The number of rotatable bonds is 23. The van der Waals surface area contributed by atoms with E-state index in [9.17, 15) is 105 Å². The van der Waals surface area contributed by atoms with Crippen molar-refractivity contribution in [1.82, 2.24) is 0 Å². The molecule has 1 aliphatic heterocycles. The summed E-state index contributed by atoms with van der Waals surface area (Å²) in [6.07, 6.45) is 10.9. The summed E-state index contributed by atoms with van der Waals surface area (Å²) in [5, 5.41) is 0. The first-order valence-corrected chi connectivity index (χ1v) is 56.3. The van der Waals surface area contributed by atoms with Crippen LogP contribution in [0.1, 0.15) is 211 Å². The number of halogens is 14. The molecule has 1 saturated carbocycles. The van der Waals surface area contributed by atoms with Gasteiger partial charge in [-0.25, -0.2) is 86.7 Å². The maximum absolute atomic E-state index is 14.6. The van der Waals surface area contributed by atoms with Crippen LogP contribution >= 0.6 is 35.3 Å². The quantitative estimate of drug-likeness (QED) is 0.0194. The predicted molar refractivity (Wildman–Crippen MR) is 544 cm³/mol. The van der Waals surface area contributed by atoms with Gasteiger partial charge in [-0.05, 0) is 238 Å². The largest absolute Gasteiger partial charge is 0.744 e. The average molecular weight is 2160 g/mol. The van der Waals surface area contributed by atoms with Crippen molar-refractivity contribution >= 4 is 110 Å². The molecule has 1 aliphatic carbocycles. The Hall–Kier alpha value is -9.88. The molecule has 0 spiro atoms. The van der Waals surface area contributed by atoms with Gasteiger partial charge in [0.2, 0.25) is 5.78 Å². The van der Waals surface area contributed by atoms with Crippen LogP contribution in [-0.4, -0.2) is 60.9 Å². The standard InChI is InChI=1S/C21H24F4O3S2.C21H19F2S.C20H29OS.C18H15S.C17H16F4O3S2.C14H8F4O3S2/c1-9(2)12-7-13(10(3)4)19(14(8-12)11(5)6)29-20-15(22)17(24)21(30(26,27)28)18(25)16(20)23;1-14-12-15(2)21(16(3)13-14)24(19-8-4-17(22)5-9-19)20-10-6-18(23)7-11-20;1-20(2,22-14-6-7-15-22)19(21)18-12-10-17(11-13-18)16-8-4-3-5-9-16;1-4-10-16(11-5-1)19(17-12-6-2-7-13-17)18-14-8-3-9-15-18;1-8-5-6-9(17(2,3)4)10(7-8)25-15-11(18)13(20)16(26(22,23)24)14(21)12(15)19;1-2-7-3-5-8(6-4-7)22-13-9(15)11(17)14(23(19,20)21)12(18)10(13)16/h7-11H,1-6H3,(H,26,27,28);4-13H,1-3H3;10-13,16H,3-9,14-15H2,1-2H3;1-15H;5-7H,1-4H3,(H,22,23,24);2-6H,1H2,(H,19,20,21)/q;3*+1;;/p-3. The van der Waals surface area contributed by atoms with Crippen LogP contribution in [0.15, 0.2) is 311 Å². The van der Waals surface area contributed by atoms with Crippen LogP contribution in [-0.2, 0) is 68.5 Å². The molecule has 0 radical (unpaired) electrons. The average Bonchev–Trinajstić information content (AvgIpc) is 0.848. The van der Waals surface area contributed by atoms with Gasteiger partial charge < -0.3 is 13.7 Å². The lowest BCUT2D eigenvalue weighted by molar-refractivity contribution is 0.0956. The van der Waals surface area contributed by atoms with Crippen LogP contribution in [0, 0.1) is 109 Å². The predicted octanol–water partition coefficient (Wildman–Crippen LogP) is 31.4. The fourth-order valence-electron chi connectivity index (χ4n) is 16.1. The minimum atomic E-state index is -5.75. The number of hydrogen-bond donors (Lipinski definition) is 0. The van der Waals surface area contributed by atoms with E-state index in [0.717, 1.165) is 43.5 Å². The van der Waals surface area contributed by atoms with Crippen LogP contribution in [0.4, 0.5) is 61.5 Å². The summed E-state index contributed by atoms with van der Waals surface area (Å²) >= 11 is 1.27. The maximum atomic E-state index is 14.6. The summed E-state index contributed by atoms with van der Waals surface area (Å²) in [7, 11) is -17.3. The zero-order valence-electron chi connectivity index (χ0n) is 81.4. The highest BCUT2D eigenvalue weighted by molar-refractivity contribution is 8.00. The normalized spacial score (nSPS) is 13.2. The van der Waals surface area contributed by atoms with Gasteiger partial charge in [-0.15, -0.1) is 0 Å². The number of ketones is 1. The Morgan fingerprint density at radius 1 is 0.396 bits per heavy atom. The molecule has 0 unspecified atom stereocenters. The van der Waals surface area contributed by atoms with Crippen molar-refractivity contribution in [2.45, 2.75) is 256 Å². The maximum Gasteiger partial charge on any atom is 0.217 e. The monoisotopic (exact) mass is 2150 g/mol. The van der Waals surface area contributed by atoms with Gasteiger partial charge in [-0.1, -0.05) is 262 Å². The summed E-state index contributed by atoms with van der Waals surface area (Å²) in [4.78, 5) is 11.7. The second-order valence-electron chi connectivity index (χ2n) is 36.5. The molecule has 0 bridgehead atoms. The Morgan fingerprint density at radius 3 is 1.10 bits per heavy atom. The molecule has 764 valence electrons. The Kier molecular flexibility index (Phi) is 40.5. The van der Waals surface area contributed by atoms with Crippen LogP contribution < -0.4 is 0 Å². The van der Waals surface area contributed by atoms with Gasteiger partial charge in [0.15, 0.2) is 104 Å². The topological polar surface area (TPSA) is 189 Å². The Bertz CT molecular complexity index is 6820. The lowest BCUT2D eigenvalue weighted by Crippen LogP contribution is -2.41. The molecule has 33 heteroatoms. The number of benzene rings is 13. The number of hydrogen-bond acceptors (Lipinski definition) is 13. The molecule has 13 aromatic rings. The van der Waals surface area contributed by atoms with E-state index >= 15 is 0 Å². The van der Waals surface area contributed by atoms with Crippen molar-refractivity contribution in [3.63, 3.8) is 0 Å². The van der Waals surface area contributed by atoms with Crippen molar-refractivity contribution < 1.29 is 105 Å². The zero-order chi connectivity index (χ0) is 106. The van der Waals surface area contributed by atoms with E-state index in [1.54, 1.807) is 37.3 Å². The van der Waals surface area contributed by atoms with Crippen LogP contribution in [0.3, 0.4) is 0 Å². The summed E-state index contributed by atoms with van der Waals surface area (Å²) in [5.74, 6) is -21.8. The van der Waals surface area contributed by atoms with Crippen molar-refractivity contribution in [2.24, 2.45) is 0 Å². The van der Waals surface area contributed by atoms with Gasteiger partial charge >= 0.3 is 0 Å². The fraction of sp³-hybridized carbons (Fsp3) is 0.270. The minimum Gasteiger partial charge on any atom is -0.744 e. The SMILES string of the molecule is C=Cc1ccc(Sc2c(F)c(F)c(S(=O)(=O)[O-])c(F)c2F)cc1.CC(C)(C(=O)c1ccc(C2CCCCC2)cc1)[S+]1CCCC1.CC(C)c1cc(C(C)C)c(Sc2c(F)c(F)c(S(=O)(=O)[O-])c(F)c2F)c(C(C)C)c1.Cc1cc(C)c([S+](c2ccc(F)cc2)c2ccc(F)cc2)c(C)c1.Cc1ccc(C(C)(C)C)c(Sc2c(F)c(F)c(S(=O)(=O)[O-])c(F)c2F)c1.c1ccc([S+](c2ccccc2)c2ccccc2)cc1. The first-order chi connectivity index (χ1) is 67.6. The second-order valence-corrected chi connectivity index (χ2v) is 50.4. The van der Waals surface area contributed by atoms with Gasteiger partial charge in [-0.3, -0.25) is 4.79 Å². The smallest absolute Gasteiger partial charge is 0.217 e. The van der Waals surface area contributed by atoms with E-state index in [1.165, 1.54) is 141 Å². The molecule has 0 atom stereocenters. The Labute approximate surface area is 855 Å². The lowest BCUT2D eigenvalue weighted by Gasteiger charge is -2.23. The van der Waals surface area contributed by atoms with E-state index in [-0.39, 0.29) is 60.8 Å². The number of aryl methyl sites for hydroxylation is 4. The minimum absolute atomic E-state index is 0.0146. The highest BCUT2D eigenvalue weighted by Crippen LogP contribution is 2.48. The number of Topliss-reactive ketones (excluding diaryl/α,β-unsaturated/α-hetero) is 1. The first-order valence-electron chi connectivity index (χ1n) is 45.6. The Balaban J connectivity index is 0.000000178. The third-order valence-electron chi connectivity index (χ3n) is 23.5. The third kappa shape index (κ3) is 28.9. The lowest BCUT2D eigenvalue weighted by atomic mass is 9.83. The van der Waals surface area contributed by atoms with E-state index in [1.807, 2.05) is 98.7 Å². The van der Waals surface area contributed by atoms with Gasteiger partial charge in [-0.2, -0.15) is 0 Å². The molecular weight excluding hydrogens is 2050 g/mol. The second kappa shape index (κ2) is 50.2. The molecule has 13 aromatic carbocycles. The molecule has 0 aromatic heterocycles. The van der Waals surface area contributed by atoms with Gasteiger partial charge in [0.25, 0.3) is 0 Å². The summed E-state index contributed by atoms with van der Waals surface area (Å²) in [6, 6.07) is 73.2. The highest BCUT2D eigenvalue weighted by Gasteiger charge is 2.47. The van der Waals surface area contributed by atoms with Crippen molar-refractivity contribution in [1.29, 1.82) is 0 Å². The molecule has 144 heavy (non-hydrogen) atoms. The molecule has 1 saturated heterocycles. The summed E-state index contributed by atoms with van der Waals surface area (Å²) in [5.41, 5.74) is 10.2. The number of carbonyl (C=O) groups is 1. The molecule has 1 heterocycles. The van der Waals surface area contributed by atoms with Crippen molar-refractivity contribution in [3.8, 4) is 0 Å². The van der Waals surface area contributed by atoms with Crippen molar-refractivity contribution in [2.75, 3.05) is 11.5 Å². The van der Waals surface area contributed by atoms with E-state index in [0.29, 0.717) is 62.0 Å². The molecule has 15 rings (SSSR count). The molecule has 10 nitrogen and oxygen atoms in total. The van der Waals surface area contributed by atoms with Gasteiger partial charge in [0.1, 0.15) is 68.2 Å². The molecule has 2 fully saturated rings. The highest BCUT2D eigenvalue weighted by atomic mass is 32.2. The van der Waals surface area contributed by atoms with Crippen LogP contribution in [0.2, 0.25) is 0 Å². The molecule has 2 aliphatic rings. The summed E-state index contributed by atoms with van der Waals surface area (Å²) in [6.45, 7) is 32.9. The van der Waals surface area contributed by atoms with Crippen LogP contribution in [0.25, 0.3) is 6.08 Å². The fourth-order valence-corrected chi connectivity index (χ4v) is 28.7.